The van der Waals surface area contributed by atoms with Gasteiger partial charge in [-0.25, -0.2) is 22.5 Å². The van der Waals surface area contributed by atoms with E-state index in [2.05, 4.69) is 24.1 Å². The van der Waals surface area contributed by atoms with Crippen molar-refractivity contribution in [1.82, 2.24) is 14.3 Å². The molecule has 4 aromatic rings. The SMILES string of the molecule is CC(C)CCNc1ccc2c(=O)n(-c3ccc(C(=O)NS(=O)(=O)c4ccc(Cl)s4)cc3)c(=O)[nH]c2c1. The number of fused-ring (bicyclic) bond motifs is 1. The van der Waals surface area contributed by atoms with Crippen LogP contribution in [0.1, 0.15) is 30.6 Å². The molecule has 2 heterocycles. The van der Waals surface area contributed by atoms with E-state index in [1.54, 1.807) is 18.2 Å². The Morgan fingerprint density at radius 3 is 2.44 bits per heavy atom. The van der Waals surface area contributed by atoms with E-state index in [9.17, 15) is 22.8 Å². The summed E-state index contributed by atoms with van der Waals surface area (Å²) in [5.41, 5.74) is 0.314. The number of aromatic nitrogens is 2. The molecule has 3 N–H and O–H groups in total. The van der Waals surface area contributed by atoms with Crippen LogP contribution in [0.4, 0.5) is 5.69 Å². The van der Waals surface area contributed by atoms with Crippen LogP contribution in [0.5, 0.6) is 0 Å². The van der Waals surface area contributed by atoms with Gasteiger partial charge >= 0.3 is 5.69 Å². The third-order valence-corrected chi connectivity index (χ3v) is 8.43. The van der Waals surface area contributed by atoms with Crippen LogP contribution in [0.2, 0.25) is 4.34 Å². The Morgan fingerprint density at radius 2 is 1.81 bits per heavy atom. The number of aromatic amines is 1. The van der Waals surface area contributed by atoms with E-state index in [-0.39, 0.29) is 19.8 Å². The van der Waals surface area contributed by atoms with E-state index in [1.807, 2.05) is 4.72 Å². The minimum absolute atomic E-state index is 0.0346. The summed E-state index contributed by atoms with van der Waals surface area (Å²) in [7, 11) is -4.08. The second-order valence-corrected chi connectivity index (χ2v) is 12.1. The molecule has 2 aromatic carbocycles. The van der Waals surface area contributed by atoms with E-state index in [4.69, 9.17) is 11.6 Å². The fourth-order valence-electron chi connectivity index (χ4n) is 3.50. The number of nitrogens with one attached hydrogen (secondary N) is 3. The first kappa shape index (κ1) is 25.7. The second kappa shape index (κ2) is 10.3. The molecule has 1 amide bonds. The molecule has 188 valence electrons. The molecule has 0 spiro atoms. The van der Waals surface area contributed by atoms with Crippen molar-refractivity contribution >= 4 is 55.5 Å². The molecule has 0 saturated heterocycles. The number of amides is 1. The van der Waals surface area contributed by atoms with Crippen LogP contribution in [0.25, 0.3) is 16.6 Å². The number of H-pyrrole nitrogens is 1. The van der Waals surface area contributed by atoms with Gasteiger partial charge in [0.05, 0.1) is 20.9 Å². The lowest BCUT2D eigenvalue weighted by Gasteiger charge is -2.11. The number of carbonyl (C=O) groups is 1. The van der Waals surface area contributed by atoms with Gasteiger partial charge in [-0.05, 0) is 66.9 Å². The number of benzene rings is 2. The lowest BCUT2D eigenvalue weighted by atomic mass is 10.1. The summed E-state index contributed by atoms with van der Waals surface area (Å²) in [6, 6.07) is 13.3. The largest absolute Gasteiger partial charge is 0.385 e. The maximum absolute atomic E-state index is 13.1. The average Bonchev–Trinajstić information content (AvgIpc) is 3.26. The zero-order chi connectivity index (χ0) is 26.0. The van der Waals surface area contributed by atoms with Gasteiger partial charge < -0.3 is 10.3 Å². The van der Waals surface area contributed by atoms with Crippen LogP contribution in [0.3, 0.4) is 0 Å². The summed E-state index contributed by atoms with van der Waals surface area (Å²) in [6.45, 7) is 5.03. The van der Waals surface area contributed by atoms with Crippen molar-refractivity contribution in [2.24, 2.45) is 5.92 Å². The Hall–Kier alpha value is -3.41. The van der Waals surface area contributed by atoms with Gasteiger partial charge in [-0.15, -0.1) is 11.3 Å². The number of rotatable bonds is 8. The van der Waals surface area contributed by atoms with Gasteiger partial charge in [0.25, 0.3) is 21.5 Å². The molecule has 12 heteroatoms. The number of hydrogen-bond donors (Lipinski definition) is 3. The molecule has 0 radical (unpaired) electrons. The lowest BCUT2D eigenvalue weighted by molar-refractivity contribution is 0.0981. The molecule has 0 aliphatic carbocycles. The van der Waals surface area contributed by atoms with Crippen molar-refractivity contribution in [3.8, 4) is 5.69 Å². The van der Waals surface area contributed by atoms with E-state index < -0.39 is 27.2 Å². The molecule has 0 aliphatic heterocycles. The number of anilines is 1. The zero-order valence-corrected chi connectivity index (χ0v) is 21.8. The number of carbonyl (C=O) groups excluding carboxylic acids is 1. The molecule has 0 fully saturated rings. The Kier molecular flexibility index (Phi) is 7.34. The van der Waals surface area contributed by atoms with Crippen molar-refractivity contribution in [3.05, 3.63) is 85.3 Å². The van der Waals surface area contributed by atoms with Gasteiger partial charge in [0.1, 0.15) is 4.21 Å². The van der Waals surface area contributed by atoms with Crippen LogP contribution < -0.4 is 21.3 Å². The predicted molar refractivity (Wildman–Crippen MR) is 142 cm³/mol. The standard InChI is InChI=1S/C24H23ClN4O5S2/c1-14(2)11-12-26-16-5-8-18-19(13-16)27-24(32)29(23(18)31)17-6-3-15(4-7-17)22(30)28-36(33,34)21-10-9-20(25)35-21/h3-10,13-14,26H,11-12H2,1-2H3,(H,27,32)(H,28,30). The van der Waals surface area contributed by atoms with Crippen molar-refractivity contribution in [3.63, 3.8) is 0 Å². The molecule has 0 aliphatic rings. The third-order valence-electron chi connectivity index (χ3n) is 5.38. The Bertz CT molecular complexity index is 1650. The average molecular weight is 547 g/mol. The number of hydrogen-bond acceptors (Lipinski definition) is 7. The molecule has 2 aromatic heterocycles. The first-order chi connectivity index (χ1) is 17.0. The Labute approximate surface area is 215 Å². The first-order valence-corrected chi connectivity index (χ1v) is 13.7. The van der Waals surface area contributed by atoms with Crippen LogP contribution >= 0.6 is 22.9 Å². The minimum Gasteiger partial charge on any atom is -0.385 e. The van der Waals surface area contributed by atoms with Gasteiger partial charge in [-0.3, -0.25) is 9.59 Å². The second-order valence-electron chi connectivity index (χ2n) is 8.48. The summed E-state index contributed by atoms with van der Waals surface area (Å²) >= 11 is 6.60. The van der Waals surface area contributed by atoms with Gasteiger partial charge in [0, 0.05) is 17.8 Å². The van der Waals surface area contributed by atoms with Crippen molar-refractivity contribution in [2.75, 3.05) is 11.9 Å². The summed E-state index contributed by atoms with van der Waals surface area (Å²) in [5, 5.41) is 3.61. The third kappa shape index (κ3) is 5.53. The summed E-state index contributed by atoms with van der Waals surface area (Å²) < 4.78 is 27.9. The summed E-state index contributed by atoms with van der Waals surface area (Å²) in [4.78, 5) is 41.0. The van der Waals surface area contributed by atoms with Gasteiger partial charge in [0.15, 0.2) is 0 Å². The van der Waals surface area contributed by atoms with Crippen LogP contribution in [0, 0.1) is 5.92 Å². The zero-order valence-electron chi connectivity index (χ0n) is 19.4. The van der Waals surface area contributed by atoms with Crippen LogP contribution in [-0.4, -0.2) is 30.4 Å². The molecule has 0 bridgehead atoms. The Morgan fingerprint density at radius 1 is 1.08 bits per heavy atom. The fourth-order valence-corrected chi connectivity index (χ4v) is 5.96. The van der Waals surface area contributed by atoms with E-state index >= 15 is 0 Å². The van der Waals surface area contributed by atoms with E-state index in [0.29, 0.717) is 16.8 Å². The van der Waals surface area contributed by atoms with Gasteiger partial charge in [-0.1, -0.05) is 25.4 Å². The van der Waals surface area contributed by atoms with Gasteiger partial charge in [0.2, 0.25) is 0 Å². The minimum atomic E-state index is -4.08. The first-order valence-electron chi connectivity index (χ1n) is 11.0. The molecule has 0 saturated carbocycles. The highest BCUT2D eigenvalue weighted by molar-refractivity contribution is 7.92. The highest BCUT2D eigenvalue weighted by atomic mass is 35.5. The normalized spacial score (nSPS) is 11.7. The molecular weight excluding hydrogens is 524 g/mol. The number of halogens is 1. The smallest absolute Gasteiger partial charge is 0.333 e. The highest BCUT2D eigenvalue weighted by Gasteiger charge is 2.21. The van der Waals surface area contributed by atoms with E-state index in [1.165, 1.54) is 36.4 Å². The Balaban J connectivity index is 1.58. The highest BCUT2D eigenvalue weighted by Crippen LogP contribution is 2.25. The number of sulfonamides is 1. The number of thiophene rings is 1. The molecular formula is C24H23ClN4O5S2. The topological polar surface area (TPSA) is 130 Å². The molecule has 0 atom stereocenters. The van der Waals surface area contributed by atoms with Crippen molar-refractivity contribution < 1.29 is 13.2 Å². The fraction of sp³-hybridized carbons (Fsp3) is 0.208. The number of nitrogens with zero attached hydrogens (tertiary/aromatic N) is 1. The maximum atomic E-state index is 13.1. The predicted octanol–water partition coefficient (Wildman–Crippen LogP) is 3.97. The summed E-state index contributed by atoms with van der Waals surface area (Å²) in [6.07, 6.45) is 0.985. The molecule has 0 unspecified atom stereocenters. The molecule has 36 heavy (non-hydrogen) atoms. The van der Waals surface area contributed by atoms with Crippen molar-refractivity contribution in [2.45, 2.75) is 24.5 Å². The van der Waals surface area contributed by atoms with Crippen LogP contribution in [0.15, 0.2) is 68.4 Å². The molecule has 9 nitrogen and oxygen atoms in total. The van der Waals surface area contributed by atoms with Crippen LogP contribution in [-0.2, 0) is 10.0 Å². The van der Waals surface area contributed by atoms with Gasteiger partial charge in [-0.2, -0.15) is 0 Å². The monoisotopic (exact) mass is 546 g/mol. The maximum Gasteiger partial charge on any atom is 0.333 e. The lowest BCUT2D eigenvalue weighted by Crippen LogP contribution is -2.33. The quantitative estimate of drug-likeness (QED) is 0.306. The molecule has 4 rings (SSSR count). The van der Waals surface area contributed by atoms with E-state index in [0.717, 1.165) is 34.6 Å². The van der Waals surface area contributed by atoms with Crippen molar-refractivity contribution in [1.29, 1.82) is 0 Å². The summed E-state index contributed by atoms with van der Waals surface area (Å²) in [5.74, 6) is -0.310.